The van der Waals surface area contributed by atoms with E-state index in [-0.39, 0.29) is 0 Å². The van der Waals surface area contributed by atoms with Gasteiger partial charge in [-0.15, -0.1) is 0 Å². The van der Waals surface area contributed by atoms with Gasteiger partial charge >= 0.3 is 0 Å². The van der Waals surface area contributed by atoms with E-state index in [0.29, 0.717) is 12.3 Å². The molecule has 0 spiro atoms. The highest BCUT2D eigenvalue weighted by Gasteiger charge is 2.50. The van der Waals surface area contributed by atoms with E-state index in [0.717, 1.165) is 5.56 Å². The van der Waals surface area contributed by atoms with Crippen LogP contribution in [0.2, 0.25) is 0 Å². The molecule has 7 nitrogen and oxygen atoms in total. The molecule has 27 heavy (non-hydrogen) atoms. The largest absolute Gasteiger partial charge is 0.385 e. The summed E-state index contributed by atoms with van der Waals surface area (Å²) < 4.78 is 23.0. The average molecular weight is 370 g/mol. The lowest BCUT2D eigenvalue weighted by molar-refractivity contribution is -0.338. The van der Waals surface area contributed by atoms with Crippen LogP contribution in [0.1, 0.15) is 11.9 Å². The third kappa shape index (κ3) is 3.92. The van der Waals surface area contributed by atoms with E-state index in [1.807, 2.05) is 60.7 Å². The summed E-state index contributed by atoms with van der Waals surface area (Å²) in [6.07, 6.45) is -3.27. The second kappa shape index (κ2) is 8.24. The van der Waals surface area contributed by atoms with Crippen molar-refractivity contribution < 1.29 is 24.1 Å². The van der Waals surface area contributed by atoms with Crippen molar-refractivity contribution in [2.24, 2.45) is 10.2 Å². The van der Waals surface area contributed by atoms with E-state index in [1.54, 1.807) is 0 Å². The Morgan fingerprint density at radius 3 is 2.41 bits per heavy atom. The summed E-state index contributed by atoms with van der Waals surface area (Å²) in [6, 6.07) is 18.4. The summed E-state index contributed by atoms with van der Waals surface area (Å²) in [5.41, 5.74) is 1.60. The first-order valence-electron chi connectivity index (χ1n) is 8.90. The average Bonchev–Trinajstić information content (AvgIpc) is 2.74. The van der Waals surface area contributed by atoms with Crippen molar-refractivity contribution in [1.29, 1.82) is 0 Å². The summed E-state index contributed by atoms with van der Waals surface area (Å²) in [5, 5.41) is 19.3. The first-order valence-corrected chi connectivity index (χ1v) is 8.90. The van der Waals surface area contributed by atoms with Gasteiger partial charge in [0.2, 0.25) is 0 Å². The van der Waals surface area contributed by atoms with E-state index < -0.39 is 36.9 Å². The lowest BCUT2D eigenvalue weighted by atomic mass is 9.96. The molecule has 7 heteroatoms. The third-order valence-electron chi connectivity index (χ3n) is 4.70. The number of hydrogen-bond donors (Lipinski definition) is 1. The maximum atomic E-state index is 10.7. The minimum Gasteiger partial charge on any atom is -0.385 e. The summed E-state index contributed by atoms with van der Waals surface area (Å²) in [4.78, 5) is 0. The van der Waals surface area contributed by atoms with Crippen LogP contribution in [0, 0.1) is 0 Å². The van der Waals surface area contributed by atoms with E-state index in [1.165, 1.54) is 7.11 Å². The highest BCUT2D eigenvalue weighted by molar-refractivity contribution is 5.34. The lowest BCUT2D eigenvalue weighted by Gasteiger charge is -2.46. The SMILES string of the molecule is CO[C@H]1O[C@@H]2COC(c3ccccc3)O[C@H]2[C@H](/N=N/c2ccccc2)[C@H]1O. The van der Waals surface area contributed by atoms with Crippen LogP contribution in [-0.4, -0.2) is 49.5 Å². The Morgan fingerprint density at radius 1 is 1.00 bits per heavy atom. The highest BCUT2D eigenvalue weighted by atomic mass is 16.7. The van der Waals surface area contributed by atoms with E-state index in [9.17, 15) is 5.11 Å². The standard InChI is InChI=1S/C20H22N2O5/c1-24-20-17(23)16(22-21-14-10-6-3-7-11-14)18-15(26-20)12-25-19(27-18)13-8-4-2-5-9-13/h2-11,15-20,23H,12H2,1H3/b22-21+/t15-,16-,17-,18-,19?,20+/m1/s1. The molecule has 0 radical (unpaired) electrons. The molecule has 4 rings (SSSR count). The van der Waals surface area contributed by atoms with Gasteiger partial charge in [0.05, 0.1) is 12.3 Å². The maximum Gasteiger partial charge on any atom is 0.185 e. The van der Waals surface area contributed by atoms with Crippen LogP contribution in [-0.2, 0) is 18.9 Å². The molecule has 2 fully saturated rings. The van der Waals surface area contributed by atoms with Gasteiger partial charge in [-0.05, 0) is 12.1 Å². The predicted molar refractivity (Wildman–Crippen MR) is 96.4 cm³/mol. The van der Waals surface area contributed by atoms with Crippen molar-refractivity contribution in [1.82, 2.24) is 0 Å². The Morgan fingerprint density at radius 2 is 1.70 bits per heavy atom. The third-order valence-corrected chi connectivity index (χ3v) is 4.70. The second-order valence-corrected chi connectivity index (χ2v) is 6.49. The van der Waals surface area contributed by atoms with Gasteiger partial charge in [0.15, 0.2) is 12.6 Å². The number of aliphatic hydroxyl groups is 1. The van der Waals surface area contributed by atoms with Gasteiger partial charge in [-0.1, -0.05) is 48.5 Å². The molecule has 0 saturated carbocycles. The van der Waals surface area contributed by atoms with Crippen LogP contribution < -0.4 is 0 Å². The van der Waals surface area contributed by atoms with Crippen molar-refractivity contribution in [2.75, 3.05) is 13.7 Å². The molecular formula is C20H22N2O5. The Bertz CT molecular complexity index is 757. The molecule has 2 aliphatic rings. The van der Waals surface area contributed by atoms with Crippen LogP contribution in [0.3, 0.4) is 0 Å². The van der Waals surface area contributed by atoms with E-state index in [4.69, 9.17) is 18.9 Å². The molecule has 1 N–H and O–H groups in total. The van der Waals surface area contributed by atoms with Gasteiger partial charge in [0, 0.05) is 12.7 Å². The van der Waals surface area contributed by atoms with Crippen LogP contribution in [0.4, 0.5) is 5.69 Å². The van der Waals surface area contributed by atoms with Crippen molar-refractivity contribution >= 4 is 5.69 Å². The van der Waals surface area contributed by atoms with Crippen molar-refractivity contribution in [2.45, 2.75) is 36.9 Å². The molecule has 2 heterocycles. The zero-order chi connectivity index (χ0) is 18.6. The molecule has 1 unspecified atom stereocenters. The van der Waals surface area contributed by atoms with Crippen LogP contribution >= 0.6 is 0 Å². The molecule has 142 valence electrons. The van der Waals surface area contributed by atoms with Crippen LogP contribution in [0.25, 0.3) is 0 Å². The highest BCUT2D eigenvalue weighted by Crippen LogP contribution is 2.35. The van der Waals surface area contributed by atoms with Gasteiger partial charge in [0.25, 0.3) is 0 Å². The molecule has 2 aliphatic heterocycles. The number of aliphatic hydroxyl groups excluding tert-OH is 1. The minimum absolute atomic E-state index is 0.314. The number of nitrogens with zero attached hydrogens (tertiary/aromatic N) is 2. The number of rotatable bonds is 4. The van der Waals surface area contributed by atoms with E-state index in [2.05, 4.69) is 10.2 Å². The lowest BCUT2D eigenvalue weighted by Crippen LogP contribution is -2.61. The summed E-state index contributed by atoms with van der Waals surface area (Å²) in [5.74, 6) is 0. The fraction of sp³-hybridized carbons (Fsp3) is 0.400. The monoisotopic (exact) mass is 370 g/mol. The van der Waals surface area contributed by atoms with Gasteiger partial charge in [-0.25, -0.2) is 0 Å². The smallest absolute Gasteiger partial charge is 0.185 e. The Kier molecular flexibility index (Phi) is 5.56. The first kappa shape index (κ1) is 18.2. The van der Waals surface area contributed by atoms with Gasteiger partial charge < -0.3 is 24.1 Å². The minimum atomic E-state index is -1.00. The zero-order valence-corrected chi connectivity index (χ0v) is 14.9. The second-order valence-electron chi connectivity index (χ2n) is 6.49. The summed E-state index contributed by atoms with van der Waals surface area (Å²) in [7, 11) is 1.48. The maximum absolute atomic E-state index is 10.7. The zero-order valence-electron chi connectivity index (χ0n) is 14.9. The Hall–Kier alpha value is -2.16. The number of ether oxygens (including phenoxy) is 4. The number of methoxy groups -OCH3 is 1. The number of hydrogen-bond acceptors (Lipinski definition) is 7. The molecule has 0 aliphatic carbocycles. The fourth-order valence-corrected chi connectivity index (χ4v) is 3.31. The predicted octanol–water partition coefficient (Wildman–Crippen LogP) is 2.99. The fourth-order valence-electron chi connectivity index (χ4n) is 3.31. The van der Waals surface area contributed by atoms with Gasteiger partial charge in [-0.2, -0.15) is 10.2 Å². The van der Waals surface area contributed by atoms with Crippen molar-refractivity contribution in [3.05, 3.63) is 66.2 Å². The van der Waals surface area contributed by atoms with Crippen molar-refractivity contribution in [3.63, 3.8) is 0 Å². The Labute approximate surface area is 157 Å². The normalized spacial score (nSPS) is 33.7. The Balaban J connectivity index is 1.58. The molecule has 2 aromatic rings. The molecule has 2 saturated heterocycles. The molecular weight excluding hydrogens is 348 g/mol. The molecule has 2 aromatic carbocycles. The summed E-state index contributed by atoms with van der Waals surface area (Å²) in [6.45, 7) is 0.314. The van der Waals surface area contributed by atoms with Gasteiger partial charge in [-0.3, -0.25) is 0 Å². The summed E-state index contributed by atoms with van der Waals surface area (Å²) >= 11 is 0. The molecule has 0 aromatic heterocycles. The van der Waals surface area contributed by atoms with Gasteiger partial charge in [0.1, 0.15) is 24.4 Å². The van der Waals surface area contributed by atoms with Crippen molar-refractivity contribution in [3.8, 4) is 0 Å². The number of benzene rings is 2. The molecule has 6 atom stereocenters. The number of fused-ring (bicyclic) bond motifs is 1. The first-order chi connectivity index (χ1) is 13.3. The van der Waals surface area contributed by atoms with Crippen LogP contribution in [0.5, 0.6) is 0 Å². The topological polar surface area (TPSA) is 81.9 Å². The van der Waals surface area contributed by atoms with Crippen LogP contribution in [0.15, 0.2) is 70.9 Å². The van der Waals surface area contributed by atoms with E-state index >= 15 is 0 Å². The molecule has 0 bridgehead atoms. The number of azo groups is 1. The quantitative estimate of drug-likeness (QED) is 0.837. The molecule has 0 amide bonds.